The standard InChI is InChI=1S/C10H20O/c1-9(2)5-4-6-10(3)7-8-11/h5,10-11H,4,6-8H2,1-3H3/i1D3/b9-5+. The number of rotatable bonds is 5. The Morgan fingerprint density at radius 3 is 2.91 bits per heavy atom. The highest BCUT2D eigenvalue weighted by molar-refractivity contribution is 4.92. The predicted molar refractivity (Wildman–Crippen MR) is 49.5 cm³/mol. The lowest BCUT2D eigenvalue weighted by molar-refractivity contribution is 0.259. The Kier molecular flexibility index (Phi) is 3.64. The highest BCUT2D eigenvalue weighted by Gasteiger charge is 1.98. The third-order valence-corrected chi connectivity index (χ3v) is 1.73. The average molecular weight is 159 g/mol. The quantitative estimate of drug-likeness (QED) is 0.611. The van der Waals surface area contributed by atoms with Gasteiger partial charge in [0.05, 0.1) is 0 Å². The molecule has 11 heavy (non-hydrogen) atoms. The Bertz CT molecular complexity index is 184. The molecule has 0 aromatic heterocycles. The molecule has 0 saturated carbocycles. The van der Waals surface area contributed by atoms with Crippen LogP contribution < -0.4 is 0 Å². The van der Waals surface area contributed by atoms with Crippen LogP contribution in [0.1, 0.15) is 44.1 Å². The first kappa shape index (κ1) is 6.24. The Hall–Kier alpha value is -0.300. The number of hydrogen-bond donors (Lipinski definition) is 1. The summed E-state index contributed by atoms with van der Waals surface area (Å²) >= 11 is 0. The number of allylic oxidation sites excluding steroid dienone is 2. The number of hydrogen-bond acceptors (Lipinski definition) is 1. The van der Waals surface area contributed by atoms with Gasteiger partial charge >= 0.3 is 0 Å². The Morgan fingerprint density at radius 1 is 1.64 bits per heavy atom. The van der Waals surface area contributed by atoms with Gasteiger partial charge in [0.2, 0.25) is 0 Å². The maximum atomic E-state index is 8.67. The molecule has 0 aliphatic carbocycles. The maximum Gasteiger partial charge on any atom is 0.0433 e. The minimum atomic E-state index is -1.94. The summed E-state index contributed by atoms with van der Waals surface area (Å²) < 4.78 is 21.4. The molecule has 0 heterocycles. The van der Waals surface area contributed by atoms with Crippen LogP contribution in [-0.4, -0.2) is 11.7 Å². The fraction of sp³-hybridized carbons (Fsp3) is 0.800. The molecule has 0 amide bonds. The molecule has 1 atom stereocenters. The molecule has 0 aliphatic rings. The van der Waals surface area contributed by atoms with Gasteiger partial charge in [0.25, 0.3) is 0 Å². The minimum absolute atomic E-state index is 0.211. The molecule has 0 rings (SSSR count). The fourth-order valence-electron chi connectivity index (χ4n) is 0.949. The molecule has 0 aromatic carbocycles. The van der Waals surface area contributed by atoms with Crippen molar-refractivity contribution in [3.8, 4) is 0 Å². The second-order valence-corrected chi connectivity index (χ2v) is 3.08. The largest absolute Gasteiger partial charge is 0.396 e. The molecular formula is C10H20O. The summed E-state index contributed by atoms with van der Waals surface area (Å²) in [5, 5.41) is 8.67. The van der Waals surface area contributed by atoms with Gasteiger partial charge in [-0.2, -0.15) is 0 Å². The van der Waals surface area contributed by atoms with E-state index < -0.39 is 6.85 Å². The van der Waals surface area contributed by atoms with E-state index in [1.807, 2.05) is 0 Å². The van der Waals surface area contributed by atoms with Gasteiger partial charge in [-0.1, -0.05) is 18.6 Å². The van der Waals surface area contributed by atoms with E-state index in [0.29, 0.717) is 11.5 Å². The summed E-state index contributed by atoms with van der Waals surface area (Å²) in [5.74, 6) is 0.459. The zero-order valence-electron chi connectivity index (χ0n) is 10.4. The van der Waals surface area contributed by atoms with Crippen LogP contribution in [0.3, 0.4) is 0 Å². The van der Waals surface area contributed by atoms with Crippen LogP contribution in [0.25, 0.3) is 0 Å². The molecule has 1 nitrogen and oxygen atoms in total. The first-order valence-corrected chi connectivity index (χ1v) is 4.16. The molecule has 0 aromatic rings. The summed E-state index contributed by atoms with van der Waals surface area (Å²) in [6, 6.07) is 0. The maximum absolute atomic E-state index is 8.67. The second kappa shape index (κ2) is 6.41. The first-order chi connectivity index (χ1) is 6.38. The van der Waals surface area contributed by atoms with Gasteiger partial charge in [0, 0.05) is 10.7 Å². The molecule has 1 unspecified atom stereocenters. The Labute approximate surface area is 74.3 Å². The van der Waals surface area contributed by atoms with Crippen LogP contribution in [0.5, 0.6) is 0 Å². The van der Waals surface area contributed by atoms with E-state index in [9.17, 15) is 0 Å². The highest BCUT2D eigenvalue weighted by Crippen LogP contribution is 2.10. The van der Waals surface area contributed by atoms with Crippen LogP contribution in [0.2, 0.25) is 0 Å². The van der Waals surface area contributed by atoms with Crippen LogP contribution in [-0.2, 0) is 0 Å². The zero-order chi connectivity index (χ0) is 11.2. The zero-order valence-corrected chi connectivity index (χ0v) is 7.43. The summed E-state index contributed by atoms with van der Waals surface area (Å²) in [4.78, 5) is 0. The van der Waals surface area contributed by atoms with Crippen molar-refractivity contribution in [3.63, 3.8) is 0 Å². The summed E-state index contributed by atoms with van der Waals surface area (Å²) in [5.41, 5.74) is 0.466. The highest BCUT2D eigenvalue weighted by atomic mass is 16.2. The number of aliphatic hydroxyl groups excluding tert-OH is 1. The van der Waals surface area contributed by atoms with Crippen LogP contribution in [0.4, 0.5) is 0 Å². The van der Waals surface area contributed by atoms with Crippen molar-refractivity contribution in [1.82, 2.24) is 0 Å². The Balaban J connectivity index is 3.82. The van der Waals surface area contributed by atoms with E-state index in [2.05, 4.69) is 6.92 Å². The van der Waals surface area contributed by atoms with Crippen LogP contribution >= 0.6 is 0 Å². The lowest BCUT2D eigenvalue weighted by atomic mass is 10.0. The van der Waals surface area contributed by atoms with Gasteiger partial charge in [-0.05, 0) is 39.0 Å². The summed E-state index contributed by atoms with van der Waals surface area (Å²) in [6.45, 7) is 1.97. The van der Waals surface area contributed by atoms with Gasteiger partial charge in [0.15, 0.2) is 0 Å². The van der Waals surface area contributed by atoms with E-state index in [0.717, 1.165) is 19.3 Å². The van der Waals surface area contributed by atoms with Gasteiger partial charge in [-0.25, -0.2) is 0 Å². The third kappa shape index (κ3) is 7.60. The van der Waals surface area contributed by atoms with E-state index in [4.69, 9.17) is 9.22 Å². The molecule has 0 radical (unpaired) electrons. The van der Waals surface area contributed by atoms with Crippen molar-refractivity contribution in [1.29, 1.82) is 0 Å². The minimum Gasteiger partial charge on any atom is -0.396 e. The third-order valence-electron chi connectivity index (χ3n) is 1.73. The van der Waals surface area contributed by atoms with E-state index in [1.54, 1.807) is 13.0 Å². The summed E-state index contributed by atoms with van der Waals surface area (Å²) in [6.07, 6.45) is 4.29. The first-order valence-electron chi connectivity index (χ1n) is 5.66. The fourth-order valence-corrected chi connectivity index (χ4v) is 0.949. The normalized spacial score (nSPS) is 20.3. The van der Waals surface area contributed by atoms with Crippen molar-refractivity contribution >= 4 is 0 Å². The van der Waals surface area contributed by atoms with E-state index in [-0.39, 0.29) is 6.61 Å². The SMILES string of the molecule is [2H]C([2H])([2H])/C(C)=C\CCC(C)CCO. The van der Waals surface area contributed by atoms with Crippen LogP contribution in [0.15, 0.2) is 11.6 Å². The average Bonchev–Trinajstić information content (AvgIpc) is 2.02. The Morgan fingerprint density at radius 2 is 2.36 bits per heavy atom. The lowest BCUT2D eigenvalue weighted by Crippen LogP contribution is -1.96. The van der Waals surface area contributed by atoms with Crippen molar-refractivity contribution in [3.05, 3.63) is 11.6 Å². The second-order valence-electron chi connectivity index (χ2n) is 3.08. The van der Waals surface area contributed by atoms with Crippen molar-refractivity contribution in [2.24, 2.45) is 5.92 Å². The van der Waals surface area contributed by atoms with Crippen LogP contribution in [0, 0.1) is 5.92 Å². The molecule has 1 heteroatoms. The molecule has 0 saturated heterocycles. The van der Waals surface area contributed by atoms with Crippen molar-refractivity contribution in [2.75, 3.05) is 6.61 Å². The molecule has 0 aliphatic heterocycles. The topological polar surface area (TPSA) is 20.2 Å². The van der Waals surface area contributed by atoms with Gasteiger partial charge in [-0.3, -0.25) is 0 Å². The van der Waals surface area contributed by atoms with E-state index >= 15 is 0 Å². The summed E-state index contributed by atoms with van der Waals surface area (Å²) in [7, 11) is 0. The lowest BCUT2D eigenvalue weighted by Gasteiger charge is -2.06. The van der Waals surface area contributed by atoms with E-state index in [1.165, 1.54) is 0 Å². The van der Waals surface area contributed by atoms with Gasteiger partial charge in [0.1, 0.15) is 0 Å². The van der Waals surface area contributed by atoms with Crippen molar-refractivity contribution < 1.29 is 9.22 Å². The smallest absolute Gasteiger partial charge is 0.0433 e. The molecule has 0 fully saturated rings. The van der Waals surface area contributed by atoms with Gasteiger partial charge in [-0.15, -0.1) is 0 Å². The molecule has 0 spiro atoms. The van der Waals surface area contributed by atoms with Gasteiger partial charge < -0.3 is 5.11 Å². The van der Waals surface area contributed by atoms with Crippen molar-refractivity contribution in [2.45, 2.75) is 40.0 Å². The molecule has 66 valence electrons. The molecular weight excluding hydrogens is 136 g/mol. The number of aliphatic hydroxyl groups is 1. The molecule has 0 bridgehead atoms. The molecule has 1 N–H and O–H groups in total. The predicted octanol–water partition coefficient (Wildman–Crippen LogP) is 2.75. The monoisotopic (exact) mass is 159 g/mol.